The SMILES string of the molecule is N.O.[H-].[H-].[Nb].[Sr+2]. The summed E-state index contributed by atoms with van der Waals surface area (Å²) < 4.78 is 0. The Labute approximate surface area is 81.0 Å². The Balaban J connectivity index is 0. The fraction of sp³-hybridized carbons (Fsp3) is 0. The van der Waals surface area contributed by atoms with E-state index in [9.17, 15) is 0 Å². The van der Waals surface area contributed by atoms with Crippen LogP contribution in [-0.2, 0) is 22.4 Å². The van der Waals surface area contributed by atoms with Crippen molar-refractivity contribution in [3.05, 3.63) is 0 Å². The molecule has 0 aliphatic carbocycles. The molecule has 0 spiro atoms. The Morgan fingerprint density at radius 1 is 1.25 bits per heavy atom. The predicted molar refractivity (Wildman–Crippen MR) is 16.6 cm³/mol. The molecule has 0 aliphatic rings. The van der Waals surface area contributed by atoms with E-state index in [4.69, 9.17) is 0 Å². The average Bonchev–Trinajstić information content (AvgIpc) is 0. The summed E-state index contributed by atoms with van der Waals surface area (Å²) in [5, 5.41) is 0. The van der Waals surface area contributed by atoms with E-state index < -0.39 is 0 Å². The van der Waals surface area contributed by atoms with Gasteiger partial charge in [-0.3, -0.25) is 0 Å². The van der Waals surface area contributed by atoms with Crippen LogP contribution in [0.15, 0.2) is 0 Å². The molecule has 0 unspecified atom stereocenters. The fourth-order valence-electron chi connectivity index (χ4n) is 0. The molecule has 0 aromatic rings. The summed E-state index contributed by atoms with van der Waals surface area (Å²) in [6.07, 6.45) is 0. The van der Waals surface area contributed by atoms with Crippen LogP contribution in [0.3, 0.4) is 0 Å². The van der Waals surface area contributed by atoms with Gasteiger partial charge in [0, 0.05) is 22.4 Å². The van der Waals surface area contributed by atoms with Crippen molar-refractivity contribution in [2.45, 2.75) is 0 Å². The third kappa shape index (κ3) is 8.91. The Hall–Kier alpha value is 2.14. The molecule has 0 heterocycles. The van der Waals surface area contributed by atoms with Crippen LogP contribution in [0.5, 0.6) is 0 Å². The second-order valence-corrected chi connectivity index (χ2v) is 0. The summed E-state index contributed by atoms with van der Waals surface area (Å²) in [6, 6.07) is 0. The van der Waals surface area contributed by atoms with Gasteiger partial charge in [-0.2, -0.15) is 0 Å². The first-order chi connectivity index (χ1) is 0. The van der Waals surface area contributed by atoms with Gasteiger partial charge in [-0.05, 0) is 0 Å². The van der Waals surface area contributed by atoms with Crippen LogP contribution >= 0.6 is 0 Å². The quantitative estimate of drug-likeness (QED) is 0.530. The van der Waals surface area contributed by atoms with Gasteiger partial charge in [0.15, 0.2) is 0 Å². The third-order valence-electron chi connectivity index (χ3n) is 0. The first-order valence-electron chi connectivity index (χ1n) is 0. The van der Waals surface area contributed by atoms with Crippen molar-refractivity contribution in [3.8, 4) is 0 Å². The van der Waals surface area contributed by atoms with Gasteiger partial charge < -0.3 is 14.5 Å². The van der Waals surface area contributed by atoms with Gasteiger partial charge >= 0.3 is 45.5 Å². The first kappa shape index (κ1) is 35.4. The molecule has 0 amide bonds. The summed E-state index contributed by atoms with van der Waals surface area (Å²) in [7, 11) is 0. The van der Waals surface area contributed by atoms with Crippen LogP contribution in [0.2, 0.25) is 0 Å². The van der Waals surface area contributed by atoms with Gasteiger partial charge in [-0.15, -0.1) is 0 Å². The van der Waals surface area contributed by atoms with Gasteiger partial charge in [0.1, 0.15) is 0 Å². The van der Waals surface area contributed by atoms with E-state index in [1.54, 1.807) is 0 Å². The normalized spacial score (nSPS) is 0. The van der Waals surface area contributed by atoms with Crippen LogP contribution in [0.1, 0.15) is 2.85 Å². The maximum Gasteiger partial charge on any atom is 2.00 e. The molecule has 4 heavy (non-hydrogen) atoms. The van der Waals surface area contributed by atoms with E-state index in [1.165, 1.54) is 0 Å². The summed E-state index contributed by atoms with van der Waals surface area (Å²) in [4.78, 5) is 0. The third-order valence-corrected chi connectivity index (χ3v) is 0. The van der Waals surface area contributed by atoms with E-state index in [-0.39, 0.29) is 82.3 Å². The summed E-state index contributed by atoms with van der Waals surface area (Å²) in [5.74, 6) is 0. The molecule has 2 nitrogen and oxygen atoms in total. The van der Waals surface area contributed by atoms with Gasteiger partial charge in [-0.1, -0.05) is 0 Å². The molecule has 25 valence electrons. The van der Waals surface area contributed by atoms with Crippen LogP contribution < -0.4 is 6.15 Å². The molecule has 0 aromatic carbocycles. The number of hydrogen-bond acceptors (Lipinski definition) is 1. The monoisotopic (exact) mass is 218 g/mol. The molecule has 0 aromatic heterocycles. The summed E-state index contributed by atoms with van der Waals surface area (Å²) in [6.45, 7) is 0. The fourth-order valence-corrected chi connectivity index (χ4v) is 0. The molecule has 0 aliphatic heterocycles. The first-order valence-corrected chi connectivity index (χ1v) is 0. The van der Waals surface area contributed by atoms with Crippen molar-refractivity contribution in [1.82, 2.24) is 6.15 Å². The molecule has 0 rings (SSSR count). The average molecular weight is 218 g/mol. The molecule has 0 saturated carbocycles. The molecular formula is H7NNbOSr. The van der Waals surface area contributed by atoms with Crippen molar-refractivity contribution in [2.24, 2.45) is 0 Å². The van der Waals surface area contributed by atoms with Gasteiger partial charge in [0.05, 0.1) is 0 Å². The minimum Gasteiger partial charge on any atom is -1.00 e. The minimum absolute atomic E-state index is 0. The van der Waals surface area contributed by atoms with Crippen LogP contribution in [0, 0.1) is 0 Å². The number of rotatable bonds is 0. The molecule has 0 saturated heterocycles. The van der Waals surface area contributed by atoms with Crippen molar-refractivity contribution < 1.29 is 30.7 Å². The molecule has 4 heteroatoms. The zero-order chi connectivity index (χ0) is 0. The van der Waals surface area contributed by atoms with E-state index in [0.29, 0.717) is 0 Å². The van der Waals surface area contributed by atoms with E-state index >= 15 is 0 Å². The minimum atomic E-state index is 0. The standard InChI is InChI=1S/H3N.Nb.H2O.Sr.2H/h1H3;;1H2;;;/q;;;+2;2*-1. The largest absolute Gasteiger partial charge is 2.00 e. The molecule has 0 fully saturated rings. The molecular weight excluding hydrogens is 211 g/mol. The van der Waals surface area contributed by atoms with Crippen molar-refractivity contribution in [1.29, 1.82) is 0 Å². The van der Waals surface area contributed by atoms with Gasteiger partial charge in [-0.25, -0.2) is 0 Å². The summed E-state index contributed by atoms with van der Waals surface area (Å²) >= 11 is 0. The Morgan fingerprint density at radius 2 is 1.25 bits per heavy atom. The van der Waals surface area contributed by atoms with Crippen LogP contribution in [-0.4, -0.2) is 51.0 Å². The van der Waals surface area contributed by atoms with E-state index in [2.05, 4.69) is 0 Å². The molecule has 5 N–H and O–H groups in total. The Morgan fingerprint density at radius 3 is 1.25 bits per heavy atom. The van der Waals surface area contributed by atoms with Gasteiger partial charge in [0.2, 0.25) is 0 Å². The Kier molecular flexibility index (Phi) is 170. The molecule has 0 bridgehead atoms. The van der Waals surface area contributed by atoms with Crippen molar-refractivity contribution in [2.75, 3.05) is 0 Å². The number of hydrogen-bond donors (Lipinski definition) is 1. The second-order valence-electron chi connectivity index (χ2n) is 0. The smallest absolute Gasteiger partial charge is 1.00 e. The maximum absolute atomic E-state index is 0. The zero-order valence-corrected chi connectivity index (χ0v) is 8.04. The van der Waals surface area contributed by atoms with Crippen molar-refractivity contribution in [3.63, 3.8) is 0 Å². The van der Waals surface area contributed by atoms with Crippen LogP contribution in [0.4, 0.5) is 0 Å². The van der Waals surface area contributed by atoms with Gasteiger partial charge in [0.25, 0.3) is 0 Å². The predicted octanol–water partition coefficient (Wildman–Crippen LogP) is -0.821. The second kappa shape index (κ2) is 19.2. The van der Waals surface area contributed by atoms with E-state index in [0.717, 1.165) is 0 Å². The molecule has 1 radical (unpaired) electrons. The van der Waals surface area contributed by atoms with Crippen LogP contribution in [0.25, 0.3) is 0 Å². The summed E-state index contributed by atoms with van der Waals surface area (Å²) in [5.41, 5.74) is 0. The zero-order valence-electron chi connectivity index (χ0n) is 4.36. The van der Waals surface area contributed by atoms with E-state index in [1.807, 2.05) is 0 Å². The Bertz CT molecular complexity index is 13.5. The topological polar surface area (TPSA) is 66.5 Å². The van der Waals surface area contributed by atoms with Crippen molar-refractivity contribution >= 4 is 45.5 Å². The maximum atomic E-state index is 0. The molecule has 0 atom stereocenters.